The first kappa shape index (κ1) is 15.5. The van der Waals surface area contributed by atoms with E-state index in [4.69, 9.17) is 0 Å². The third kappa shape index (κ3) is 3.21. The molecule has 0 radical (unpaired) electrons. The first-order valence-electron chi connectivity index (χ1n) is 5.54. The summed E-state index contributed by atoms with van der Waals surface area (Å²) >= 11 is 6.46. The fraction of sp³-hybridized carbons (Fsp3) is 0.0769. The average molecular weight is 423 g/mol. The van der Waals surface area contributed by atoms with Gasteiger partial charge in [0.1, 0.15) is 10.7 Å². The van der Waals surface area contributed by atoms with E-state index in [1.807, 2.05) is 0 Å². The third-order valence-corrected chi connectivity index (χ3v) is 5.53. The number of nitrogens with one attached hydrogen (secondary N) is 1. The Morgan fingerprint density at radius 3 is 2.50 bits per heavy atom. The molecule has 3 nitrogen and oxygen atoms in total. The van der Waals surface area contributed by atoms with Gasteiger partial charge in [0.25, 0.3) is 10.0 Å². The van der Waals surface area contributed by atoms with E-state index in [0.29, 0.717) is 4.47 Å². The van der Waals surface area contributed by atoms with Crippen molar-refractivity contribution in [2.24, 2.45) is 0 Å². The smallest absolute Gasteiger partial charge is 0.263 e. The van der Waals surface area contributed by atoms with E-state index in [1.54, 1.807) is 12.1 Å². The summed E-state index contributed by atoms with van der Waals surface area (Å²) in [7, 11) is -3.78. The van der Waals surface area contributed by atoms with Crippen LogP contribution in [0.2, 0.25) is 0 Å². The summed E-state index contributed by atoms with van der Waals surface area (Å²) in [4.78, 5) is 0.0874. The number of halogens is 3. The molecule has 0 aliphatic heterocycles. The van der Waals surface area contributed by atoms with Gasteiger partial charge in [-0.15, -0.1) is 0 Å². The van der Waals surface area contributed by atoms with Crippen molar-refractivity contribution < 1.29 is 12.8 Å². The molecule has 0 fully saturated rings. The lowest BCUT2D eigenvalue weighted by atomic mass is 10.2. The van der Waals surface area contributed by atoms with E-state index in [2.05, 4.69) is 36.6 Å². The standard InChI is InChI=1S/C13H10Br2FNO2S/c1-8-11(16)3-2-4-12(8)17-20(18,19)13-6-5-9(14)7-10(13)15/h2-7,17H,1H3. The van der Waals surface area contributed by atoms with Crippen molar-refractivity contribution in [1.82, 2.24) is 0 Å². The Bertz CT molecular complexity index is 763. The zero-order valence-corrected chi connectivity index (χ0v) is 14.3. The Morgan fingerprint density at radius 2 is 1.85 bits per heavy atom. The molecule has 0 aliphatic carbocycles. The van der Waals surface area contributed by atoms with Crippen LogP contribution in [0.25, 0.3) is 0 Å². The predicted octanol–water partition coefficient (Wildman–Crippen LogP) is 4.46. The van der Waals surface area contributed by atoms with E-state index < -0.39 is 15.8 Å². The summed E-state index contributed by atoms with van der Waals surface area (Å²) in [6, 6.07) is 8.97. The van der Waals surface area contributed by atoms with Gasteiger partial charge in [-0.1, -0.05) is 22.0 Å². The largest absolute Gasteiger partial charge is 0.279 e. The molecule has 2 aromatic carbocycles. The van der Waals surface area contributed by atoms with Gasteiger partial charge in [0, 0.05) is 14.5 Å². The van der Waals surface area contributed by atoms with Gasteiger partial charge in [-0.25, -0.2) is 12.8 Å². The minimum atomic E-state index is -3.78. The Labute approximate surface area is 133 Å². The molecule has 0 saturated carbocycles. The van der Waals surface area contributed by atoms with E-state index in [0.717, 1.165) is 4.47 Å². The molecule has 2 rings (SSSR count). The number of sulfonamides is 1. The van der Waals surface area contributed by atoms with Gasteiger partial charge in [0.2, 0.25) is 0 Å². The van der Waals surface area contributed by atoms with Crippen LogP contribution < -0.4 is 4.72 Å². The Kier molecular flexibility index (Phi) is 4.51. The second-order valence-electron chi connectivity index (χ2n) is 4.09. The molecule has 1 N–H and O–H groups in total. The molecule has 0 unspecified atom stereocenters. The Hall–Kier alpha value is -0.920. The quantitative estimate of drug-likeness (QED) is 0.793. The second-order valence-corrected chi connectivity index (χ2v) is 7.51. The summed E-state index contributed by atoms with van der Waals surface area (Å²) in [5.41, 5.74) is 0.476. The minimum absolute atomic E-state index is 0.0874. The van der Waals surface area contributed by atoms with E-state index >= 15 is 0 Å². The maximum Gasteiger partial charge on any atom is 0.263 e. The highest BCUT2D eigenvalue weighted by Crippen LogP contribution is 2.28. The van der Waals surface area contributed by atoms with Gasteiger partial charge in [0.15, 0.2) is 0 Å². The molecule has 0 bridgehead atoms. The summed E-state index contributed by atoms with van der Waals surface area (Å²) < 4.78 is 41.6. The molecule has 0 saturated heterocycles. The molecule has 7 heteroatoms. The molecule has 106 valence electrons. The van der Waals surface area contributed by atoms with Gasteiger partial charge in [0.05, 0.1) is 5.69 Å². The molecule has 0 aromatic heterocycles. The summed E-state index contributed by atoms with van der Waals surface area (Å²) in [5.74, 6) is -0.458. The molecule has 20 heavy (non-hydrogen) atoms. The van der Waals surface area contributed by atoms with Crippen molar-refractivity contribution in [2.75, 3.05) is 4.72 Å². The van der Waals surface area contributed by atoms with Gasteiger partial charge >= 0.3 is 0 Å². The van der Waals surface area contributed by atoms with Gasteiger partial charge in [-0.3, -0.25) is 4.72 Å². The zero-order chi connectivity index (χ0) is 14.9. The van der Waals surface area contributed by atoms with Crippen molar-refractivity contribution in [3.8, 4) is 0 Å². The van der Waals surface area contributed by atoms with Crippen LogP contribution in [0.4, 0.5) is 10.1 Å². The van der Waals surface area contributed by atoms with Crippen LogP contribution >= 0.6 is 31.9 Å². The molecule has 0 spiro atoms. The Morgan fingerprint density at radius 1 is 1.15 bits per heavy atom. The number of hydrogen-bond donors (Lipinski definition) is 1. The third-order valence-electron chi connectivity index (χ3n) is 2.70. The van der Waals surface area contributed by atoms with E-state index in [9.17, 15) is 12.8 Å². The van der Waals surface area contributed by atoms with Crippen molar-refractivity contribution >= 4 is 47.6 Å². The average Bonchev–Trinajstić information content (AvgIpc) is 2.34. The molecule has 2 aromatic rings. The summed E-state index contributed by atoms with van der Waals surface area (Å²) in [5, 5.41) is 0. The lowest BCUT2D eigenvalue weighted by Gasteiger charge is -2.12. The maximum atomic E-state index is 13.4. The number of anilines is 1. The molecule has 0 heterocycles. The van der Waals surface area contributed by atoms with Crippen LogP contribution in [0.5, 0.6) is 0 Å². The first-order chi connectivity index (χ1) is 9.31. The van der Waals surface area contributed by atoms with Crippen molar-refractivity contribution in [3.63, 3.8) is 0 Å². The predicted molar refractivity (Wildman–Crippen MR) is 83.8 cm³/mol. The van der Waals surface area contributed by atoms with Gasteiger partial charge in [-0.05, 0) is 53.2 Å². The lowest BCUT2D eigenvalue weighted by molar-refractivity contribution is 0.600. The van der Waals surface area contributed by atoms with E-state index in [-0.39, 0.29) is 16.1 Å². The Balaban J connectivity index is 2.44. The monoisotopic (exact) mass is 421 g/mol. The normalized spacial score (nSPS) is 11.4. The van der Waals surface area contributed by atoms with Crippen LogP contribution in [-0.2, 0) is 10.0 Å². The van der Waals surface area contributed by atoms with Crippen LogP contribution in [0.15, 0.2) is 50.2 Å². The highest BCUT2D eigenvalue weighted by Gasteiger charge is 2.19. The minimum Gasteiger partial charge on any atom is -0.279 e. The van der Waals surface area contributed by atoms with Gasteiger partial charge in [-0.2, -0.15) is 0 Å². The van der Waals surface area contributed by atoms with Crippen LogP contribution in [0.1, 0.15) is 5.56 Å². The van der Waals surface area contributed by atoms with Crippen molar-refractivity contribution in [3.05, 3.63) is 56.7 Å². The van der Waals surface area contributed by atoms with Crippen LogP contribution in [0.3, 0.4) is 0 Å². The molecule has 0 aliphatic rings. The first-order valence-corrected chi connectivity index (χ1v) is 8.61. The van der Waals surface area contributed by atoms with Crippen LogP contribution in [0, 0.1) is 12.7 Å². The highest BCUT2D eigenvalue weighted by atomic mass is 79.9. The SMILES string of the molecule is Cc1c(F)cccc1NS(=O)(=O)c1ccc(Br)cc1Br. The molecular weight excluding hydrogens is 413 g/mol. The molecule has 0 atom stereocenters. The maximum absolute atomic E-state index is 13.4. The van der Waals surface area contributed by atoms with Crippen LogP contribution in [-0.4, -0.2) is 8.42 Å². The van der Waals surface area contributed by atoms with E-state index in [1.165, 1.54) is 31.2 Å². The summed E-state index contributed by atoms with van der Waals surface area (Å²) in [6.07, 6.45) is 0. The number of benzene rings is 2. The zero-order valence-electron chi connectivity index (χ0n) is 10.3. The summed E-state index contributed by atoms with van der Waals surface area (Å²) in [6.45, 7) is 1.52. The lowest BCUT2D eigenvalue weighted by Crippen LogP contribution is -2.14. The van der Waals surface area contributed by atoms with Crippen molar-refractivity contribution in [1.29, 1.82) is 0 Å². The number of hydrogen-bond acceptors (Lipinski definition) is 2. The van der Waals surface area contributed by atoms with Gasteiger partial charge < -0.3 is 0 Å². The molecular formula is C13H10Br2FNO2S. The number of rotatable bonds is 3. The van der Waals surface area contributed by atoms with Crippen molar-refractivity contribution in [2.45, 2.75) is 11.8 Å². The highest BCUT2D eigenvalue weighted by molar-refractivity contribution is 9.11. The fourth-order valence-corrected chi connectivity index (χ4v) is 4.48. The molecule has 0 amide bonds. The fourth-order valence-electron chi connectivity index (χ4n) is 1.61. The topological polar surface area (TPSA) is 46.2 Å². The second kappa shape index (κ2) is 5.83.